The molecule has 0 saturated carbocycles. The lowest BCUT2D eigenvalue weighted by Gasteiger charge is -2.36. The van der Waals surface area contributed by atoms with Gasteiger partial charge < -0.3 is 19.9 Å². The molecule has 2 aromatic rings. The Labute approximate surface area is 198 Å². The number of ether oxygens (including phenoxy) is 2. The third-order valence-electron chi connectivity index (χ3n) is 6.86. The summed E-state index contributed by atoms with van der Waals surface area (Å²) in [4.78, 5) is 24.7. The van der Waals surface area contributed by atoms with Crippen LogP contribution in [-0.4, -0.2) is 53.6 Å². The fraction of sp³-hybridized carbons (Fsp3) is 0.542. The molecule has 4 rings (SSSR count). The van der Waals surface area contributed by atoms with Crippen LogP contribution in [0.4, 0.5) is 0 Å². The lowest BCUT2D eigenvalue weighted by atomic mass is 9.76. The Morgan fingerprint density at radius 2 is 2.12 bits per heavy atom. The number of carboxylic acids is 1. The molecular weight excluding hydrogens is 446 g/mol. The SMILES string of the molecule is CCc1nn(CCCc2c(C(=O)O)ccc(Cl)c2OC)c2c1C(=O)NCC1(CCOCC1)C2. The van der Waals surface area contributed by atoms with Crippen molar-refractivity contribution in [3.63, 3.8) is 0 Å². The lowest BCUT2D eigenvalue weighted by molar-refractivity contribution is 0.0152. The smallest absolute Gasteiger partial charge is 0.336 e. The van der Waals surface area contributed by atoms with E-state index in [1.54, 1.807) is 6.07 Å². The van der Waals surface area contributed by atoms with E-state index in [0.717, 1.165) is 30.7 Å². The number of carbonyl (C=O) groups excluding carboxylic acids is 1. The number of rotatable bonds is 7. The summed E-state index contributed by atoms with van der Waals surface area (Å²) in [6, 6.07) is 3.05. The zero-order chi connectivity index (χ0) is 23.6. The summed E-state index contributed by atoms with van der Waals surface area (Å²) in [6.07, 6.45) is 4.35. The summed E-state index contributed by atoms with van der Waals surface area (Å²) >= 11 is 6.25. The first-order valence-corrected chi connectivity index (χ1v) is 11.8. The van der Waals surface area contributed by atoms with Crippen molar-refractivity contribution < 1.29 is 24.2 Å². The number of halogens is 1. The van der Waals surface area contributed by atoms with Crippen LogP contribution in [0.5, 0.6) is 5.75 Å². The monoisotopic (exact) mass is 475 g/mol. The average Bonchev–Trinajstić information content (AvgIpc) is 3.08. The van der Waals surface area contributed by atoms with Gasteiger partial charge in [-0.2, -0.15) is 5.10 Å². The highest BCUT2D eigenvalue weighted by Crippen LogP contribution is 2.38. The molecule has 1 spiro atoms. The van der Waals surface area contributed by atoms with E-state index >= 15 is 0 Å². The van der Waals surface area contributed by atoms with Gasteiger partial charge in [-0.25, -0.2) is 4.79 Å². The van der Waals surface area contributed by atoms with Crippen LogP contribution in [-0.2, 0) is 30.5 Å². The molecule has 0 atom stereocenters. The van der Waals surface area contributed by atoms with Gasteiger partial charge >= 0.3 is 5.97 Å². The van der Waals surface area contributed by atoms with Gasteiger partial charge in [0.15, 0.2) is 0 Å². The van der Waals surface area contributed by atoms with E-state index in [1.165, 1.54) is 13.2 Å². The van der Waals surface area contributed by atoms with E-state index in [0.29, 0.717) is 67.5 Å². The van der Waals surface area contributed by atoms with Crippen LogP contribution < -0.4 is 10.1 Å². The number of carboxylic acid groups (broad SMARTS) is 1. The molecule has 1 saturated heterocycles. The standard InChI is InChI=1S/C24H30ClN3O5/c1-3-18-20-19(13-24(14-26-22(20)29)8-11-33-12-9-24)28(27-18)10-4-5-15-16(23(30)31)6-7-17(25)21(15)32-2/h6-7H,3-5,8-14H2,1-2H3,(H,26,29)(H,30,31). The molecule has 2 aliphatic heterocycles. The van der Waals surface area contributed by atoms with Crippen molar-refractivity contribution in [2.75, 3.05) is 26.9 Å². The van der Waals surface area contributed by atoms with E-state index in [1.807, 2.05) is 11.6 Å². The predicted molar refractivity (Wildman–Crippen MR) is 123 cm³/mol. The highest BCUT2D eigenvalue weighted by molar-refractivity contribution is 6.32. The normalized spacial score (nSPS) is 17.4. The largest absolute Gasteiger partial charge is 0.495 e. The minimum atomic E-state index is -1.01. The first-order chi connectivity index (χ1) is 15.9. The quantitative estimate of drug-likeness (QED) is 0.635. The Kier molecular flexibility index (Phi) is 6.95. The molecule has 0 aliphatic carbocycles. The Morgan fingerprint density at radius 1 is 1.36 bits per heavy atom. The van der Waals surface area contributed by atoms with E-state index in [9.17, 15) is 14.7 Å². The van der Waals surface area contributed by atoms with Crippen molar-refractivity contribution >= 4 is 23.5 Å². The van der Waals surface area contributed by atoms with Crippen molar-refractivity contribution in [3.8, 4) is 5.75 Å². The van der Waals surface area contributed by atoms with Gasteiger partial charge in [-0.1, -0.05) is 18.5 Å². The van der Waals surface area contributed by atoms with Crippen LogP contribution in [0.3, 0.4) is 0 Å². The maximum atomic E-state index is 13.0. The van der Waals surface area contributed by atoms with Crippen LogP contribution >= 0.6 is 11.6 Å². The topological polar surface area (TPSA) is 103 Å². The minimum Gasteiger partial charge on any atom is -0.495 e. The summed E-state index contributed by atoms with van der Waals surface area (Å²) in [5.41, 5.74) is 3.22. The Balaban J connectivity index is 1.61. The van der Waals surface area contributed by atoms with Gasteiger partial charge in [0.25, 0.3) is 5.91 Å². The zero-order valence-corrected chi connectivity index (χ0v) is 19.8. The number of amides is 1. The molecule has 1 fully saturated rings. The number of hydrogen-bond donors (Lipinski definition) is 2. The number of benzene rings is 1. The Bertz CT molecular complexity index is 1060. The number of hydrogen-bond acceptors (Lipinski definition) is 5. The number of carbonyl (C=O) groups is 2. The maximum absolute atomic E-state index is 13.0. The number of methoxy groups -OCH3 is 1. The summed E-state index contributed by atoms with van der Waals surface area (Å²) in [5.74, 6) is -0.675. The van der Waals surface area contributed by atoms with Crippen LogP contribution in [0.2, 0.25) is 5.02 Å². The molecule has 2 aliphatic rings. The molecule has 33 heavy (non-hydrogen) atoms. The van der Waals surface area contributed by atoms with Crippen molar-refractivity contribution in [2.24, 2.45) is 5.41 Å². The van der Waals surface area contributed by atoms with E-state index in [-0.39, 0.29) is 16.9 Å². The number of aromatic nitrogens is 2. The number of aryl methyl sites for hydroxylation is 2. The van der Waals surface area contributed by atoms with Gasteiger partial charge in [0, 0.05) is 31.9 Å². The molecule has 2 N–H and O–H groups in total. The second-order valence-corrected chi connectivity index (χ2v) is 9.24. The van der Waals surface area contributed by atoms with Crippen molar-refractivity contribution in [1.29, 1.82) is 0 Å². The predicted octanol–water partition coefficient (Wildman–Crippen LogP) is 3.52. The van der Waals surface area contributed by atoms with Gasteiger partial charge in [0.2, 0.25) is 0 Å². The van der Waals surface area contributed by atoms with Crippen molar-refractivity contribution in [2.45, 2.75) is 52.0 Å². The summed E-state index contributed by atoms with van der Waals surface area (Å²) in [5, 5.41) is 17.9. The number of aromatic carboxylic acids is 1. The minimum absolute atomic E-state index is 0.0192. The van der Waals surface area contributed by atoms with Gasteiger partial charge in [0.1, 0.15) is 5.75 Å². The summed E-state index contributed by atoms with van der Waals surface area (Å²) < 4.78 is 12.9. The van der Waals surface area contributed by atoms with Gasteiger partial charge in [-0.3, -0.25) is 9.48 Å². The van der Waals surface area contributed by atoms with Crippen LogP contribution in [0, 0.1) is 5.41 Å². The second-order valence-electron chi connectivity index (χ2n) is 8.83. The van der Waals surface area contributed by atoms with Crippen molar-refractivity contribution in [1.82, 2.24) is 15.1 Å². The van der Waals surface area contributed by atoms with Crippen molar-refractivity contribution in [3.05, 3.63) is 45.2 Å². The number of nitrogens with zero attached hydrogens (tertiary/aromatic N) is 2. The fourth-order valence-corrected chi connectivity index (χ4v) is 5.29. The number of nitrogens with one attached hydrogen (secondary N) is 1. The highest BCUT2D eigenvalue weighted by Gasteiger charge is 2.39. The molecule has 0 unspecified atom stereocenters. The lowest BCUT2D eigenvalue weighted by Crippen LogP contribution is -2.40. The third-order valence-corrected chi connectivity index (χ3v) is 7.15. The van der Waals surface area contributed by atoms with Crippen LogP contribution in [0.15, 0.2) is 12.1 Å². The summed E-state index contributed by atoms with van der Waals surface area (Å²) in [7, 11) is 1.49. The van der Waals surface area contributed by atoms with E-state index in [2.05, 4.69) is 5.32 Å². The van der Waals surface area contributed by atoms with Gasteiger partial charge in [0.05, 0.1) is 34.6 Å². The molecular formula is C24H30ClN3O5. The molecule has 1 aromatic carbocycles. The van der Waals surface area contributed by atoms with Crippen LogP contribution in [0.25, 0.3) is 0 Å². The molecule has 1 aromatic heterocycles. The Morgan fingerprint density at radius 3 is 2.79 bits per heavy atom. The van der Waals surface area contributed by atoms with Gasteiger partial charge in [-0.05, 0) is 56.1 Å². The van der Waals surface area contributed by atoms with E-state index < -0.39 is 5.97 Å². The second kappa shape index (κ2) is 9.73. The van der Waals surface area contributed by atoms with E-state index in [4.69, 9.17) is 26.2 Å². The fourth-order valence-electron chi connectivity index (χ4n) is 5.03. The van der Waals surface area contributed by atoms with Gasteiger partial charge in [-0.15, -0.1) is 0 Å². The molecule has 3 heterocycles. The molecule has 178 valence electrons. The zero-order valence-electron chi connectivity index (χ0n) is 19.1. The average molecular weight is 476 g/mol. The third kappa shape index (κ3) is 4.59. The molecule has 1 amide bonds. The Hall–Kier alpha value is -2.58. The number of fused-ring (bicyclic) bond motifs is 1. The first-order valence-electron chi connectivity index (χ1n) is 11.4. The highest BCUT2D eigenvalue weighted by atomic mass is 35.5. The van der Waals surface area contributed by atoms with Crippen LogP contribution in [0.1, 0.15) is 63.9 Å². The summed E-state index contributed by atoms with van der Waals surface area (Å²) in [6.45, 7) is 4.62. The molecule has 0 bridgehead atoms. The molecule has 9 heteroatoms. The first kappa shape index (κ1) is 23.6. The molecule has 0 radical (unpaired) electrons. The maximum Gasteiger partial charge on any atom is 0.336 e. The molecule has 8 nitrogen and oxygen atoms in total.